The molecule has 14 heavy (non-hydrogen) atoms. The molecule has 78 valence electrons. The van der Waals surface area contributed by atoms with Crippen molar-refractivity contribution in [3.05, 3.63) is 0 Å². The van der Waals surface area contributed by atoms with Gasteiger partial charge in [-0.25, -0.2) is 0 Å². The Hall–Kier alpha value is -1.19. The molecule has 0 spiro atoms. The second-order valence-electron chi connectivity index (χ2n) is 3.33. The molecule has 1 rings (SSSR count). The Labute approximate surface area is 82.6 Å². The standard InChI is InChI=1S/C10H14O4/c1-3-7(11)6-5-8(12)9(6)10(13)14-4-2/h6,9H,3-5H2,1-2H3. The van der Waals surface area contributed by atoms with E-state index in [0.29, 0.717) is 6.42 Å². The summed E-state index contributed by atoms with van der Waals surface area (Å²) in [5.74, 6) is -1.98. The van der Waals surface area contributed by atoms with Crippen molar-refractivity contribution >= 4 is 17.5 Å². The molecule has 0 N–H and O–H groups in total. The highest BCUT2D eigenvalue weighted by atomic mass is 16.5. The molecule has 0 aromatic rings. The van der Waals surface area contributed by atoms with Crippen molar-refractivity contribution in [2.75, 3.05) is 6.61 Å². The third-order valence-electron chi connectivity index (χ3n) is 2.47. The van der Waals surface area contributed by atoms with Gasteiger partial charge >= 0.3 is 5.97 Å². The van der Waals surface area contributed by atoms with Crippen LogP contribution in [0, 0.1) is 11.8 Å². The van der Waals surface area contributed by atoms with E-state index in [4.69, 9.17) is 4.74 Å². The minimum Gasteiger partial charge on any atom is -0.465 e. The van der Waals surface area contributed by atoms with Gasteiger partial charge in [-0.05, 0) is 6.92 Å². The molecule has 0 radical (unpaired) electrons. The number of ketones is 2. The number of rotatable bonds is 4. The lowest BCUT2D eigenvalue weighted by molar-refractivity contribution is -0.163. The minimum atomic E-state index is -0.817. The highest BCUT2D eigenvalue weighted by molar-refractivity contribution is 6.10. The predicted octanol–water partition coefficient (Wildman–Crippen LogP) is 0.734. The average Bonchev–Trinajstić information content (AvgIpc) is 2.13. The van der Waals surface area contributed by atoms with Gasteiger partial charge in [-0.15, -0.1) is 0 Å². The first-order valence-electron chi connectivity index (χ1n) is 4.83. The van der Waals surface area contributed by atoms with Crippen molar-refractivity contribution in [2.45, 2.75) is 26.7 Å². The van der Waals surface area contributed by atoms with Crippen LogP contribution in [0.1, 0.15) is 26.7 Å². The summed E-state index contributed by atoms with van der Waals surface area (Å²) in [5, 5.41) is 0. The van der Waals surface area contributed by atoms with E-state index in [1.165, 1.54) is 0 Å². The van der Waals surface area contributed by atoms with E-state index < -0.39 is 17.8 Å². The molecule has 0 aromatic heterocycles. The number of carbonyl (C=O) groups excluding carboxylic acids is 3. The molecule has 4 heteroatoms. The first-order valence-corrected chi connectivity index (χ1v) is 4.83. The second kappa shape index (κ2) is 4.35. The fourth-order valence-electron chi connectivity index (χ4n) is 1.62. The summed E-state index contributed by atoms with van der Waals surface area (Å²) in [5.41, 5.74) is 0. The lowest BCUT2D eigenvalue weighted by Crippen LogP contribution is -2.47. The molecule has 2 atom stereocenters. The molecule has 0 saturated heterocycles. The Morgan fingerprint density at radius 3 is 2.50 bits per heavy atom. The van der Waals surface area contributed by atoms with Crippen LogP contribution in [0.2, 0.25) is 0 Å². The minimum absolute atomic E-state index is 0.0253. The quantitative estimate of drug-likeness (QED) is 0.493. The van der Waals surface area contributed by atoms with E-state index in [0.717, 1.165) is 0 Å². The molecule has 0 aromatic carbocycles. The Balaban J connectivity index is 2.62. The molecule has 1 fully saturated rings. The molecule has 0 heterocycles. The van der Waals surface area contributed by atoms with Gasteiger partial charge in [0.05, 0.1) is 6.61 Å². The first kappa shape index (κ1) is 10.9. The number of hydrogen-bond acceptors (Lipinski definition) is 4. The maximum absolute atomic E-state index is 11.3. The zero-order valence-electron chi connectivity index (χ0n) is 8.41. The van der Waals surface area contributed by atoms with Gasteiger partial charge in [0.15, 0.2) is 0 Å². The normalized spacial score (nSPS) is 25.4. The lowest BCUT2D eigenvalue weighted by atomic mass is 9.69. The molecular formula is C10H14O4. The number of ether oxygens (including phenoxy) is 1. The number of hydrogen-bond donors (Lipinski definition) is 0. The largest absolute Gasteiger partial charge is 0.465 e. The van der Waals surface area contributed by atoms with Crippen LogP contribution in [-0.4, -0.2) is 24.1 Å². The maximum Gasteiger partial charge on any atom is 0.317 e. The molecule has 0 aliphatic heterocycles. The van der Waals surface area contributed by atoms with Gasteiger partial charge in [0.2, 0.25) is 0 Å². The van der Waals surface area contributed by atoms with E-state index in [2.05, 4.69) is 0 Å². The van der Waals surface area contributed by atoms with E-state index in [1.54, 1.807) is 13.8 Å². The van der Waals surface area contributed by atoms with E-state index in [1.807, 2.05) is 0 Å². The van der Waals surface area contributed by atoms with Crippen LogP contribution in [0.5, 0.6) is 0 Å². The summed E-state index contributed by atoms with van der Waals surface area (Å²) in [6.07, 6.45) is 0.573. The number of Topliss-reactive ketones (excluding diaryl/α,β-unsaturated/α-hetero) is 2. The van der Waals surface area contributed by atoms with Crippen LogP contribution in [0.15, 0.2) is 0 Å². The van der Waals surface area contributed by atoms with Crippen molar-refractivity contribution in [3.8, 4) is 0 Å². The van der Waals surface area contributed by atoms with E-state index in [-0.39, 0.29) is 24.6 Å². The van der Waals surface area contributed by atoms with Gasteiger partial charge in [0.1, 0.15) is 17.5 Å². The van der Waals surface area contributed by atoms with Gasteiger partial charge in [0.25, 0.3) is 0 Å². The summed E-state index contributed by atoms with van der Waals surface area (Å²) in [4.78, 5) is 33.7. The summed E-state index contributed by atoms with van der Waals surface area (Å²) < 4.78 is 4.73. The average molecular weight is 198 g/mol. The molecule has 1 saturated carbocycles. The van der Waals surface area contributed by atoms with E-state index in [9.17, 15) is 14.4 Å². The number of esters is 1. The fraction of sp³-hybridized carbons (Fsp3) is 0.700. The van der Waals surface area contributed by atoms with Crippen molar-refractivity contribution in [2.24, 2.45) is 11.8 Å². The van der Waals surface area contributed by atoms with Crippen LogP contribution < -0.4 is 0 Å². The highest BCUT2D eigenvalue weighted by Crippen LogP contribution is 2.33. The van der Waals surface area contributed by atoms with Crippen molar-refractivity contribution < 1.29 is 19.1 Å². The molecule has 0 bridgehead atoms. The van der Waals surface area contributed by atoms with Gasteiger partial charge in [-0.2, -0.15) is 0 Å². The molecule has 2 unspecified atom stereocenters. The van der Waals surface area contributed by atoms with E-state index >= 15 is 0 Å². The van der Waals surface area contributed by atoms with Gasteiger partial charge in [-0.1, -0.05) is 6.92 Å². The summed E-state index contributed by atoms with van der Waals surface area (Å²) in [7, 11) is 0. The highest BCUT2D eigenvalue weighted by Gasteiger charge is 2.48. The van der Waals surface area contributed by atoms with Crippen LogP contribution in [0.3, 0.4) is 0 Å². The van der Waals surface area contributed by atoms with Crippen LogP contribution in [0.4, 0.5) is 0 Å². The van der Waals surface area contributed by atoms with Crippen molar-refractivity contribution in [3.63, 3.8) is 0 Å². The summed E-state index contributed by atoms with van der Waals surface area (Å²) in [6.45, 7) is 3.65. The molecule has 0 amide bonds. The summed E-state index contributed by atoms with van der Waals surface area (Å²) >= 11 is 0. The lowest BCUT2D eigenvalue weighted by Gasteiger charge is -2.31. The van der Waals surface area contributed by atoms with Gasteiger partial charge in [-0.3, -0.25) is 14.4 Å². The first-order chi connectivity index (χ1) is 6.61. The third kappa shape index (κ3) is 1.84. The summed E-state index contributed by atoms with van der Waals surface area (Å²) in [6, 6.07) is 0. The number of carbonyl (C=O) groups is 3. The fourth-order valence-corrected chi connectivity index (χ4v) is 1.62. The van der Waals surface area contributed by atoms with Crippen LogP contribution in [-0.2, 0) is 19.1 Å². The zero-order valence-corrected chi connectivity index (χ0v) is 8.41. The SMILES string of the molecule is CCOC(=O)C1C(=O)CC1C(=O)CC. The van der Waals surface area contributed by atoms with Crippen LogP contribution >= 0.6 is 0 Å². The molecule has 1 aliphatic rings. The molecule has 1 aliphatic carbocycles. The topological polar surface area (TPSA) is 60.4 Å². The Kier molecular flexibility index (Phi) is 3.38. The maximum atomic E-state index is 11.3. The Morgan fingerprint density at radius 1 is 1.43 bits per heavy atom. The van der Waals surface area contributed by atoms with Crippen molar-refractivity contribution in [1.82, 2.24) is 0 Å². The third-order valence-corrected chi connectivity index (χ3v) is 2.47. The monoisotopic (exact) mass is 198 g/mol. The second-order valence-corrected chi connectivity index (χ2v) is 3.33. The van der Waals surface area contributed by atoms with Gasteiger partial charge in [0, 0.05) is 18.8 Å². The zero-order chi connectivity index (χ0) is 10.7. The Bertz CT molecular complexity index is 269. The smallest absolute Gasteiger partial charge is 0.317 e. The Morgan fingerprint density at radius 2 is 2.07 bits per heavy atom. The molecular weight excluding hydrogens is 184 g/mol. The predicted molar refractivity (Wildman–Crippen MR) is 48.5 cm³/mol. The van der Waals surface area contributed by atoms with Gasteiger partial charge < -0.3 is 4.74 Å². The molecule has 4 nitrogen and oxygen atoms in total. The van der Waals surface area contributed by atoms with Crippen LogP contribution in [0.25, 0.3) is 0 Å². The van der Waals surface area contributed by atoms with Crippen molar-refractivity contribution in [1.29, 1.82) is 0 Å².